The lowest BCUT2D eigenvalue weighted by Crippen LogP contribution is -2.61. The molecule has 0 saturated heterocycles. The van der Waals surface area contributed by atoms with Crippen molar-refractivity contribution in [1.82, 2.24) is 25.4 Å². The first-order valence-electron chi connectivity index (χ1n) is 12.9. The Bertz CT molecular complexity index is 1220. The molecular formula is C28H32ClN5OS. The number of carbonyl (C=O) groups is 1. The van der Waals surface area contributed by atoms with E-state index < -0.39 is 0 Å². The van der Waals surface area contributed by atoms with Crippen LogP contribution in [0.5, 0.6) is 0 Å². The largest absolute Gasteiger partial charge is 0.333 e. The number of amides is 2. The van der Waals surface area contributed by atoms with Crippen molar-refractivity contribution in [2.24, 2.45) is 17.8 Å². The zero-order chi connectivity index (χ0) is 24.7. The Morgan fingerprint density at radius 1 is 1.06 bits per heavy atom. The number of thioether (sulfide) groups is 1. The molecule has 8 heteroatoms. The van der Waals surface area contributed by atoms with Crippen LogP contribution < -0.4 is 10.6 Å². The fraction of sp³-hybridized carbons (Fsp3) is 0.464. The number of halogens is 1. The number of rotatable bonds is 7. The predicted octanol–water partition coefficient (Wildman–Crippen LogP) is 6.29. The fourth-order valence-electron chi connectivity index (χ4n) is 7.00. The van der Waals surface area contributed by atoms with E-state index in [1.54, 1.807) is 11.8 Å². The van der Waals surface area contributed by atoms with Gasteiger partial charge in [-0.25, -0.2) is 4.79 Å². The van der Waals surface area contributed by atoms with Gasteiger partial charge in [0, 0.05) is 16.3 Å². The highest BCUT2D eigenvalue weighted by Crippen LogP contribution is 2.55. The third-order valence-electron chi connectivity index (χ3n) is 8.15. The number of aromatic nitrogens is 3. The zero-order valence-corrected chi connectivity index (χ0v) is 22.1. The maximum Gasteiger partial charge on any atom is 0.315 e. The first-order valence-corrected chi connectivity index (χ1v) is 14.3. The summed E-state index contributed by atoms with van der Waals surface area (Å²) in [7, 11) is 0. The van der Waals surface area contributed by atoms with Gasteiger partial charge in [-0.2, -0.15) is 0 Å². The summed E-state index contributed by atoms with van der Waals surface area (Å²) >= 11 is 8.00. The van der Waals surface area contributed by atoms with Crippen molar-refractivity contribution in [2.45, 2.75) is 68.4 Å². The van der Waals surface area contributed by atoms with Crippen LogP contribution in [0.4, 0.5) is 4.79 Å². The summed E-state index contributed by atoms with van der Waals surface area (Å²) in [4.78, 5) is 13.1. The summed E-state index contributed by atoms with van der Waals surface area (Å²) in [5.74, 6) is 3.83. The van der Waals surface area contributed by atoms with E-state index in [-0.39, 0.29) is 11.6 Å². The van der Waals surface area contributed by atoms with Crippen LogP contribution >= 0.6 is 23.4 Å². The molecule has 0 spiro atoms. The highest BCUT2D eigenvalue weighted by molar-refractivity contribution is 7.98. The van der Waals surface area contributed by atoms with Gasteiger partial charge >= 0.3 is 6.03 Å². The molecule has 0 radical (unpaired) electrons. The van der Waals surface area contributed by atoms with Gasteiger partial charge in [-0.1, -0.05) is 59.8 Å². The lowest BCUT2D eigenvalue weighted by Gasteiger charge is -2.56. The lowest BCUT2D eigenvalue weighted by molar-refractivity contribution is -0.0135. The first-order chi connectivity index (χ1) is 17.5. The van der Waals surface area contributed by atoms with Crippen LogP contribution in [-0.4, -0.2) is 26.3 Å². The highest BCUT2D eigenvalue weighted by atomic mass is 35.5. The first kappa shape index (κ1) is 23.9. The minimum absolute atomic E-state index is 0.0211. The molecule has 2 amide bonds. The molecule has 3 aromatic rings. The Kier molecular flexibility index (Phi) is 6.46. The quantitative estimate of drug-likeness (QED) is 0.358. The average molecular weight is 522 g/mol. The number of nitrogens with zero attached hydrogens (tertiary/aromatic N) is 3. The van der Waals surface area contributed by atoms with Crippen molar-refractivity contribution in [3.63, 3.8) is 0 Å². The Balaban J connectivity index is 1.20. The van der Waals surface area contributed by atoms with Crippen LogP contribution in [0.3, 0.4) is 0 Å². The molecule has 1 heterocycles. The standard InChI is InChI=1S/C28H32ClN5OS/c1-18-7-8-23(29)12-24(18)34-25(32-33-27(34)36-17-19-5-3-2-4-6-19)16-30-26(35)31-28-13-20-9-21(14-28)11-22(10-20)15-28/h2-8,12,20-22H,9-11,13-17H2,1H3,(H2,30,31,35). The van der Waals surface area contributed by atoms with E-state index >= 15 is 0 Å². The van der Waals surface area contributed by atoms with Crippen molar-refractivity contribution in [2.75, 3.05) is 0 Å². The predicted molar refractivity (Wildman–Crippen MR) is 143 cm³/mol. The second kappa shape index (κ2) is 9.75. The van der Waals surface area contributed by atoms with Crippen LogP contribution in [0.2, 0.25) is 5.02 Å². The molecule has 4 aliphatic carbocycles. The van der Waals surface area contributed by atoms with E-state index in [0.29, 0.717) is 17.4 Å². The summed E-state index contributed by atoms with van der Waals surface area (Å²) in [5, 5.41) is 16.9. The molecule has 0 unspecified atom stereocenters. The molecule has 4 bridgehead atoms. The minimum Gasteiger partial charge on any atom is -0.333 e. The molecule has 6 nitrogen and oxygen atoms in total. The van der Waals surface area contributed by atoms with Gasteiger partial charge in [0.25, 0.3) is 0 Å². The number of hydrogen-bond donors (Lipinski definition) is 2. The van der Waals surface area contributed by atoms with Crippen molar-refractivity contribution >= 4 is 29.4 Å². The van der Waals surface area contributed by atoms with E-state index in [1.165, 1.54) is 24.8 Å². The van der Waals surface area contributed by atoms with Crippen molar-refractivity contribution < 1.29 is 4.79 Å². The lowest BCUT2D eigenvalue weighted by atomic mass is 9.53. The van der Waals surface area contributed by atoms with E-state index in [0.717, 1.165) is 59.2 Å². The van der Waals surface area contributed by atoms with E-state index in [4.69, 9.17) is 11.6 Å². The molecule has 0 aliphatic heterocycles. The van der Waals surface area contributed by atoms with E-state index in [2.05, 4.69) is 33.0 Å². The van der Waals surface area contributed by atoms with Crippen molar-refractivity contribution in [3.05, 3.63) is 70.5 Å². The molecule has 2 aromatic carbocycles. The SMILES string of the molecule is Cc1ccc(Cl)cc1-n1c(CNC(=O)NC23CC4CC(CC(C4)C2)C3)nnc1SCc1ccccc1. The van der Waals surface area contributed by atoms with Gasteiger partial charge in [-0.15, -0.1) is 10.2 Å². The molecule has 7 rings (SSSR count). The zero-order valence-electron chi connectivity index (χ0n) is 20.5. The maximum absolute atomic E-state index is 13.1. The topological polar surface area (TPSA) is 71.8 Å². The summed E-state index contributed by atoms with van der Waals surface area (Å²) in [6.45, 7) is 2.34. The Labute approximate surface area is 221 Å². The smallest absolute Gasteiger partial charge is 0.315 e. The number of hydrogen-bond acceptors (Lipinski definition) is 4. The maximum atomic E-state index is 13.1. The van der Waals surface area contributed by atoms with Gasteiger partial charge in [-0.3, -0.25) is 4.57 Å². The summed E-state index contributed by atoms with van der Waals surface area (Å²) in [5.41, 5.74) is 3.20. The van der Waals surface area contributed by atoms with Gasteiger partial charge in [0.15, 0.2) is 11.0 Å². The third kappa shape index (κ3) is 4.88. The van der Waals surface area contributed by atoms with Crippen LogP contribution in [0, 0.1) is 24.7 Å². The molecule has 2 N–H and O–H groups in total. The van der Waals surface area contributed by atoms with Crippen LogP contribution in [0.1, 0.15) is 55.5 Å². The summed E-state index contributed by atoms with van der Waals surface area (Å²) < 4.78 is 2.03. The third-order valence-corrected chi connectivity index (χ3v) is 9.38. The summed E-state index contributed by atoms with van der Waals surface area (Å²) in [6, 6.07) is 16.0. The van der Waals surface area contributed by atoms with Crippen LogP contribution in [-0.2, 0) is 12.3 Å². The monoisotopic (exact) mass is 521 g/mol. The van der Waals surface area contributed by atoms with E-state index in [1.807, 2.05) is 47.9 Å². The second-order valence-corrected chi connectivity index (χ2v) is 12.3. The number of nitrogens with one attached hydrogen (secondary N) is 2. The van der Waals surface area contributed by atoms with Gasteiger partial charge < -0.3 is 10.6 Å². The number of benzene rings is 2. The summed E-state index contributed by atoms with van der Waals surface area (Å²) in [6.07, 6.45) is 7.45. The van der Waals surface area contributed by atoms with Gasteiger partial charge in [0.05, 0.1) is 12.2 Å². The highest BCUT2D eigenvalue weighted by Gasteiger charge is 2.51. The molecule has 188 valence electrons. The van der Waals surface area contributed by atoms with Crippen LogP contribution in [0.25, 0.3) is 5.69 Å². The Morgan fingerprint density at radius 3 is 2.44 bits per heavy atom. The van der Waals surface area contributed by atoms with Gasteiger partial charge in [0.1, 0.15) is 0 Å². The Hall–Kier alpha value is -2.51. The molecular weight excluding hydrogens is 490 g/mol. The number of carbonyl (C=O) groups excluding carboxylic acids is 1. The molecule has 4 fully saturated rings. The number of aryl methyl sites for hydroxylation is 1. The molecule has 4 saturated carbocycles. The minimum atomic E-state index is -0.104. The molecule has 0 atom stereocenters. The van der Waals surface area contributed by atoms with Crippen LogP contribution in [0.15, 0.2) is 53.7 Å². The Morgan fingerprint density at radius 2 is 1.75 bits per heavy atom. The van der Waals surface area contributed by atoms with E-state index in [9.17, 15) is 4.79 Å². The number of urea groups is 1. The van der Waals surface area contributed by atoms with Crippen molar-refractivity contribution in [3.8, 4) is 5.69 Å². The van der Waals surface area contributed by atoms with Crippen molar-refractivity contribution in [1.29, 1.82) is 0 Å². The molecule has 1 aromatic heterocycles. The molecule has 36 heavy (non-hydrogen) atoms. The van der Waals surface area contributed by atoms with Gasteiger partial charge in [0.2, 0.25) is 0 Å². The second-order valence-electron chi connectivity index (χ2n) is 10.9. The molecule has 4 aliphatic rings. The fourth-order valence-corrected chi connectivity index (χ4v) is 8.09. The average Bonchev–Trinajstić information content (AvgIpc) is 3.25. The normalized spacial score (nSPS) is 26.2. The van der Waals surface area contributed by atoms with Gasteiger partial charge in [-0.05, 0) is 86.5 Å².